The molecule has 3 aromatic rings. The molecule has 6 nitrogen and oxygen atoms in total. The largest absolute Gasteiger partial charge is 0.379 e. The molecule has 2 heterocycles. The molecule has 1 unspecified atom stereocenters. The van der Waals surface area contributed by atoms with Gasteiger partial charge in [0.25, 0.3) is 5.91 Å². The Morgan fingerprint density at radius 3 is 2.79 bits per heavy atom. The van der Waals surface area contributed by atoms with Crippen molar-refractivity contribution in [2.24, 2.45) is 0 Å². The Labute approximate surface area is 177 Å². The number of hydrogen-bond acceptors (Lipinski definition) is 4. The zero-order valence-corrected chi connectivity index (χ0v) is 17.1. The number of halogens is 2. The molecule has 1 aromatic heterocycles. The normalized spacial score (nSPS) is 16.1. The highest BCUT2D eigenvalue weighted by Crippen LogP contribution is 2.28. The molecule has 2 aromatic carbocycles. The molecule has 9 heteroatoms. The third-order valence-corrected chi connectivity index (χ3v) is 5.59. The van der Waals surface area contributed by atoms with Crippen molar-refractivity contribution in [3.63, 3.8) is 0 Å². The van der Waals surface area contributed by atoms with Gasteiger partial charge in [-0.15, -0.1) is 0 Å². The first-order valence-corrected chi connectivity index (χ1v) is 10.1. The molecule has 0 spiro atoms. The molecule has 29 heavy (non-hydrogen) atoms. The monoisotopic (exact) mass is 434 g/mol. The van der Waals surface area contributed by atoms with Crippen LogP contribution in [0.25, 0.3) is 11.0 Å². The average molecular weight is 435 g/mol. The number of morpholine rings is 1. The predicted molar refractivity (Wildman–Crippen MR) is 112 cm³/mol. The van der Waals surface area contributed by atoms with Gasteiger partial charge in [-0.3, -0.25) is 9.69 Å². The lowest BCUT2D eigenvalue weighted by molar-refractivity contribution is 0.0162. The van der Waals surface area contributed by atoms with Crippen LogP contribution in [0.5, 0.6) is 0 Å². The number of ether oxygens (including phenoxy) is 1. The van der Waals surface area contributed by atoms with Crippen molar-refractivity contribution in [3.05, 3.63) is 63.1 Å². The SMILES string of the molecule is O=C(NCC(c1ccccc1Cl)N1CCOCC1)c1cc(F)cc2[nH]c(=S)[nH]c12. The zero-order chi connectivity index (χ0) is 20.4. The Hall–Kier alpha value is -2.26. The minimum Gasteiger partial charge on any atom is -0.379 e. The Bertz CT molecular complexity index is 1090. The lowest BCUT2D eigenvalue weighted by Crippen LogP contribution is -2.44. The van der Waals surface area contributed by atoms with Gasteiger partial charge in [-0.25, -0.2) is 4.39 Å². The second-order valence-corrected chi connectivity index (χ2v) is 7.67. The molecule has 1 amide bonds. The molecule has 152 valence electrons. The summed E-state index contributed by atoms with van der Waals surface area (Å²) in [5.74, 6) is -0.895. The maximum Gasteiger partial charge on any atom is 0.253 e. The number of carbonyl (C=O) groups is 1. The fourth-order valence-electron chi connectivity index (χ4n) is 3.64. The number of nitrogens with one attached hydrogen (secondary N) is 3. The van der Waals surface area contributed by atoms with Gasteiger partial charge in [-0.1, -0.05) is 29.8 Å². The van der Waals surface area contributed by atoms with Crippen LogP contribution in [-0.2, 0) is 4.74 Å². The number of amides is 1. The first kappa shape index (κ1) is 20.0. The summed E-state index contributed by atoms with van der Waals surface area (Å²) in [6.45, 7) is 3.05. The van der Waals surface area contributed by atoms with E-state index in [0.717, 1.165) is 18.7 Å². The van der Waals surface area contributed by atoms with Crippen LogP contribution < -0.4 is 5.32 Å². The molecule has 0 radical (unpaired) electrons. The number of nitrogens with zero attached hydrogens (tertiary/aromatic N) is 1. The van der Waals surface area contributed by atoms with E-state index in [1.54, 1.807) is 0 Å². The maximum atomic E-state index is 14.0. The zero-order valence-electron chi connectivity index (χ0n) is 15.5. The fraction of sp³-hybridized carbons (Fsp3) is 0.300. The van der Waals surface area contributed by atoms with Crippen LogP contribution in [0, 0.1) is 10.6 Å². The lowest BCUT2D eigenvalue weighted by atomic mass is 10.0. The first-order chi connectivity index (χ1) is 14.0. The summed E-state index contributed by atoms with van der Waals surface area (Å²) < 4.78 is 19.8. The van der Waals surface area contributed by atoms with Gasteiger partial charge in [0.1, 0.15) is 5.82 Å². The van der Waals surface area contributed by atoms with Crippen LogP contribution in [0.15, 0.2) is 36.4 Å². The van der Waals surface area contributed by atoms with E-state index < -0.39 is 5.82 Å². The van der Waals surface area contributed by atoms with E-state index in [1.807, 2.05) is 24.3 Å². The highest BCUT2D eigenvalue weighted by Gasteiger charge is 2.25. The standard InChI is InChI=1S/C20H20ClFN4O2S/c21-15-4-2-1-3-13(15)17(26-5-7-28-8-6-26)11-23-19(27)14-9-12(22)10-16-18(14)25-20(29)24-16/h1-4,9-10,17H,5-8,11H2,(H,23,27)(H2,24,25,29). The van der Waals surface area contributed by atoms with Crippen LogP contribution in [0.4, 0.5) is 4.39 Å². The van der Waals surface area contributed by atoms with Crippen molar-refractivity contribution in [1.29, 1.82) is 0 Å². The average Bonchev–Trinajstić information content (AvgIpc) is 3.09. The summed E-state index contributed by atoms with van der Waals surface area (Å²) in [6, 6.07) is 9.98. The van der Waals surface area contributed by atoms with Gasteiger partial charge >= 0.3 is 0 Å². The number of H-pyrrole nitrogens is 2. The van der Waals surface area contributed by atoms with Crippen LogP contribution in [-0.4, -0.2) is 53.6 Å². The van der Waals surface area contributed by atoms with Gasteiger partial charge in [0.05, 0.1) is 35.9 Å². The minimum absolute atomic E-state index is 0.120. The minimum atomic E-state index is -0.510. The molecule has 1 atom stereocenters. The summed E-state index contributed by atoms with van der Waals surface area (Å²) in [6.07, 6.45) is 0. The summed E-state index contributed by atoms with van der Waals surface area (Å²) in [4.78, 5) is 20.9. The van der Waals surface area contributed by atoms with Crippen molar-refractivity contribution in [3.8, 4) is 0 Å². The molecular formula is C20H20ClFN4O2S. The molecule has 1 aliphatic heterocycles. The Balaban J connectivity index is 1.60. The molecule has 1 saturated heterocycles. The van der Waals surface area contributed by atoms with Crippen molar-refractivity contribution < 1.29 is 13.9 Å². The summed E-state index contributed by atoms with van der Waals surface area (Å²) >= 11 is 11.5. The van der Waals surface area contributed by atoms with Gasteiger partial charge in [-0.05, 0) is 36.0 Å². The third-order valence-electron chi connectivity index (χ3n) is 5.04. The molecule has 4 rings (SSSR count). The number of imidazole rings is 1. The highest BCUT2D eigenvalue weighted by atomic mass is 35.5. The summed E-state index contributed by atoms with van der Waals surface area (Å²) in [5, 5.41) is 3.58. The number of rotatable bonds is 5. The number of carbonyl (C=O) groups excluding carboxylic acids is 1. The number of aromatic nitrogens is 2. The maximum absolute atomic E-state index is 14.0. The molecule has 0 aliphatic carbocycles. The fourth-order valence-corrected chi connectivity index (χ4v) is 4.11. The Morgan fingerprint density at radius 1 is 1.28 bits per heavy atom. The van der Waals surface area contributed by atoms with Crippen molar-refractivity contribution in [2.45, 2.75) is 6.04 Å². The van der Waals surface area contributed by atoms with E-state index in [-0.39, 0.29) is 17.5 Å². The lowest BCUT2D eigenvalue weighted by Gasteiger charge is -2.35. The smallest absolute Gasteiger partial charge is 0.253 e. The van der Waals surface area contributed by atoms with E-state index in [0.29, 0.717) is 40.6 Å². The van der Waals surface area contributed by atoms with E-state index in [1.165, 1.54) is 12.1 Å². The van der Waals surface area contributed by atoms with Gasteiger partial charge in [0.2, 0.25) is 0 Å². The van der Waals surface area contributed by atoms with Crippen LogP contribution in [0.3, 0.4) is 0 Å². The molecule has 0 bridgehead atoms. The van der Waals surface area contributed by atoms with Gasteiger partial charge < -0.3 is 20.0 Å². The van der Waals surface area contributed by atoms with Crippen molar-refractivity contribution in [2.75, 3.05) is 32.8 Å². The van der Waals surface area contributed by atoms with E-state index in [4.69, 9.17) is 28.6 Å². The van der Waals surface area contributed by atoms with E-state index in [9.17, 15) is 9.18 Å². The van der Waals surface area contributed by atoms with Crippen LogP contribution in [0.2, 0.25) is 5.02 Å². The number of aromatic amines is 2. The highest BCUT2D eigenvalue weighted by molar-refractivity contribution is 7.71. The first-order valence-electron chi connectivity index (χ1n) is 9.29. The Morgan fingerprint density at radius 2 is 2.03 bits per heavy atom. The van der Waals surface area contributed by atoms with Gasteiger partial charge in [0, 0.05) is 24.7 Å². The topological polar surface area (TPSA) is 73.2 Å². The molecule has 1 fully saturated rings. The summed E-state index contributed by atoms with van der Waals surface area (Å²) in [5.41, 5.74) is 2.07. The second kappa shape index (κ2) is 8.62. The number of hydrogen-bond donors (Lipinski definition) is 3. The molecule has 1 aliphatic rings. The van der Waals surface area contributed by atoms with Crippen LogP contribution in [0.1, 0.15) is 22.0 Å². The number of fused-ring (bicyclic) bond motifs is 1. The number of benzene rings is 2. The Kier molecular flexibility index (Phi) is 5.96. The molecule has 0 saturated carbocycles. The third kappa shape index (κ3) is 4.35. The molecular weight excluding hydrogens is 415 g/mol. The predicted octanol–water partition coefficient (Wildman–Crippen LogP) is 3.82. The van der Waals surface area contributed by atoms with Gasteiger partial charge in [0.15, 0.2) is 4.77 Å². The van der Waals surface area contributed by atoms with Crippen molar-refractivity contribution >= 4 is 40.8 Å². The second-order valence-electron chi connectivity index (χ2n) is 6.85. The molecule has 3 N–H and O–H groups in total. The summed E-state index contributed by atoms with van der Waals surface area (Å²) in [7, 11) is 0. The van der Waals surface area contributed by atoms with Gasteiger partial charge in [-0.2, -0.15) is 0 Å². The van der Waals surface area contributed by atoms with E-state index in [2.05, 4.69) is 20.2 Å². The van der Waals surface area contributed by atoms with E-state index >= 15 is 0 Å². The van der Waals surface area contributed by atoms with Crippen LogP contribution >= 0.6 is 23.8 Å². The van der Waals surface area contributed by atoms with Crippen molar-refractivity contribution in [1.82, 2.24) is 20.2 Å². The quantitative estimate of drug-likeness (QED) is 0.534.